The van der Waals surface area contributed by atoms with E-state index in [-0.39, 0.29) is 17.1 Å². The Morgan fingerprint density at radius 3 is 2.35 bits per heavy atom. The molecule has 1 aromatic heterocycles. The lowest BCUT2D eigenvalue weighted by Gasteiger charge is -2.32. The molecule has 2 rings (SSSR count). The van der Waals surface area contributed by atoms with Crippen molar-refractivity contribution in [1.29, 1.82) is 0 Å². The molecule has 0 bridgehead atoms. The van der Waals surface area contributed by atoms with E-state index < -0.39 is 13.1 Å². The zero-order valence-corrected chi connectivity index (χ0v) is 12.4. The van der Waals surface area contributed by atoms with Crippen molar-refractivity contribution < 1.29 is 18.4 Å². The summed E-state index contributed by atoms with van der Waals surface area (Å²) in [5.41, 5.74) is -0.0936. The molecule has 1 aromatic rings. The number of methoxy groups -OCH3 is 1. The Labute approximate surface area is 119 Å². The first-order valence-corrected chi connectivity index (χ1v) is 6.49. The minimum atomic E-state index is -0.574. The van der Waals surface area contributed by atoms with Crippen LogP contribution in [0, 0.1) is 5.95 Å². The highest BCUT2D eigenvalue weighted by Crippen LogP contribution is 2.37. The van der Waals surface area contributed by atoms with Gasteiger partial charge in [-0.3, -0.25) is 0 Å². The SMILES string of the molecule is COc1nc(F)ccc1/C=C/B1OC(C)(C)C(C)(C)O1. The fraction of sp³-hybridized carbons (Fsp3) is 0.500. The molecule has 0 radical (unpaired) electrons. The third-order valence-electron chi connectivity index (χ3n) is 3.75. The fourth-order valence-electron chi connectivity index (χ4n) is 1.87. The highest BCUT2D eigenvalue weighted by molar-refractivity contribution is 6.52. The van der Waals surface area contributed by atoms with Crippen molar-refractivity contribution in [3.63, 3.8) is 0 Å². The summed E-state index contributed by atoms with van der Waals surface area (Å²) in [7, 11) is 1.00. The number of ether oxygens (including phenoxy) is 1. The molecule has 0 N–H and O–H groups in total. The summed E-state index contributed by atoms with van der Waals surface area (Å²) in [5.74, 6) is 1.43. The lowest BCUT2D eigenvalue weighted by Crippen LogP contribution is -2.41. The number of rotatable bonds is 3. The smallest absolute Gasteiger partial charge is 0.480 e. The average molecular weight is 279 g/mol. The van der Waals surface area contributed by atoms with Gasteiger partial charge in [-0.25, -0.2) is 0 Å². The summed E-state index contributed by atoms with van der Waals surface area (Å²) in [4.78, 5) is 3.67. The van der Waals surface area contributed by atoms with E-state index in [0.29, 0.717) is 5.56 Å². The molecule has 20 heavy (non-hydrogen) atoms. The van der Waals surface area contributed by atoms with Crippen molar-refractivity contribution in [2.45, 2.75) is 38.9 Å². The molecule has 0 atom stereocenters. The predicted molar refractivity (Wildman–Crippen MR) is 75.9 cm³/mol. The second-order valence-corrected chi connectivity index (χ2v) is 5.72. The third-order valence-corrected chi connectivity index (χ3v) is 3.75. The van der Waals surface area contributed by atoms with Gasteiger partial charge in [0.05, 0.1) is 18.3 Å². The van der Waals surface area contributed by atoms with Crippen molar-refractivity contribution in [3.05, 3.63) is 29.6 Å². The highest BCUT2D eigenvalue weighted by Gasteiger charge is 2.50. The van der Waals surface area contributed by atoms with Gasteiger partial charge in [-0.15, -0.1) is 0 Å². The number of halogens is 1. The Bertz CT molecular complexity index is 515. The maximum absolute atomic E-state index is 13.0. The number of hydrogen-bond donors (Lipinski definition) is 0. The van der Waals surface area contributed by atoms with E-state index >= 15 is 0 Å². The van der Waals surface area contributed by atoms with Gasteiger partial charge in [-0.1, -0.05) is 12.1 Å². The second kappa shape index (κ2) is 5.18. The van der Waals surface area contributed by atoms with Crippen LogP contribution in [-0.2, 0) is 9.31 Å². The van der Waals surface area contributed by atoms with Crippen LogP contribution < -0.4 is 4.74 Å². The van der Waals surface area contributed by atoms with Gasteiger partial charge >= 0.3 is 7.12 Å². The van der Waals surface area contributed by atoms with Crippen LogP contribution in [0.4, 0.5) is 4.39 Å². The zero-order chi connectivity index (χ0) is 15.0. The van der Waals surface area contributed by atoms with Crippen molar-refractivity contribution in [2.75, 3.05) is 7.11 Å². The molecule has 4 nitrogen and oxygen atoms in total. The number of nitrogens with zero attached hydrogens (tertiary/aromatic N) is 1. The number of pyridine rings is 1. The minimum absolute atomic E-state index is 0.234. The van der Waals surface area contributed by atoms with Gasteiger partial charge in [-0.2, -0.15) is 9.37 Å². The van der Waals surface area contributed by atoms with Crippen molar-refractivity contribution >= 4 is 13.2 Å². The summed E-state index contributed by atoms with van der Waals surface area (Å²) in [6.07, 6.45) is 1.76. The maximum atomic E-state index is 13.0. The molecular weight excluding hydrogens is 260 g/mol. The molecule has 0 unspecified atom stereocenters. The first-order valence-electron chi connectivity index (χ1n) is 6.49. The first kappa shape index (κ1) is 15.0. The summed E-state index contributed by atoms with van der Waals surface area (Å²) in [6, 6.07) is 2.88. The number of aromatic nitrogens is 1. The second-order valence-electron chi connectivity index (χ2n) is 5.72. The van der Waals surface area contributed by atoms with Gasteiger partial charge < -0.3 is 14.0 Å². The van der Waals surface area contributed by atoms with Crippen molar-refractivity contribution in [2.24, 2.45) is 0 Å². The molecule has 0 saturated carbocycles. The highest BCUT2D eigenvalue weighted by atomic mass is 19.1. The molecule has 2 heterocycles. The monoisotopic (exact) mass is 279 g/mol. The van der Waals surface area contributed by atoms with Crippen LogP contribution in [0.2, 0.25) is 0 Å². The quantitative estimate of drug-likeness (QED) is 0.630. The van der Waals surface area contributed by atoms with E-state index in [0.717, 1.165) is 0 Å². The van der Waals surface area contributed by atoms with Crippen molar-refractivity contribution in [3.8, 4) is 5.88 Å². The summed E-state index contributed by atoms with van der Waals surface area (Å²) in [6.45, 7) is 7.95. The summed E-state index contributed by atoms with van der Waals surface area (Å²) < 4.78 is 29.7. The lowest BCUT2D eigenvalue weighted by molar-refractivity contribution is 0.00578. The average Bonchev–Trinajstić information content (AvgIpc) is 2.56. The lowest BCUT2D eigenvalue weighted by atomic mass is 9.89. The Morgan fingerprint density at radius 1 is 1.20 bits per heavy atom. The fourth-order valence-corrected chi connectivity index (χ4v) is 1.87. The van der Waals surface area contributed by atoms with Crippen LogP contribution in [0.15, 0.2) is 18.1 Å². The molecule has 0 aromatic carbocycles. The normalized spacial score (nSPS) is 20.6. The molecule has 108 valence electrons. The van der Waals surface area contributed by atoms with E-state index in [1.807, 2.05) is 27.7 Å². The molecule has 1 aliphatic rings. The van der Waals surface area contributed by atoms with Crippen LogP contribution in [-0.4, -0.2) is 30.4 Å². The summed E-state index contributed by atoms with van der Waals surface area (Å²) in [5, 5.41) is 0. The van der Waals surface area contributed by atoms with Crippen LogP contribution in [0.3, 0.4) is 0 Å². The Morgan fingerprint density at radius 2 is 1.80 bits per heavy atom. The van der Waals surface area contributed by atoms with Crippen LogP contribution >= 0.6 is 0 Å². The molecule has 6 heteroatoms. The van der Waals surface area contributed by atoms with Gasteiger partial charge in [0.1, 0.15) is 0 Å². The van der Waals surface area contributed by atoms with Gasteiger partial charge in [0.2, 0.25) is 11.8 Å². The molecule has 0 aliphatic carbocycles. The standard InChI is InChI=1S/C14H19BFNO3/c1-13(2)14(3,4)20-15(19-13)9-8-10-6-7-11(16)17-12(10)18-5/h6-9H,1-5H3/b9-8+. The largest absolute Gasteiger partial charge is 0.487 e. The van der Waals surface area contributed by atoms with E-state index in [9.17, 15) is 4.39 Å². The van der Waals surface area contributed by atoms with E-state index in [1.54, 1.807) is 18.1 Å². The van der Waals surface area contributed by atoms with Gasteiger partial charge in [-0.05, 0) is 39.8 Å². The first-order chi connectivity index (χ1) is 9.25. The van der Waals surface area contributed by atoms with Gasteiger partial charge in [0, 0.05) is 5.56 Å². The Hall–Kier alpha value is -1.40. The van der Waals surface area contributed by atoms with Crippen molar-refractivity contribution in [1.82, 2.24) is 4.98 Å². The molecule has 0 spiro atoms. The van der Waals surface area contributed by atoms with Gasteiger partial charge in [0.25, 0.3) is 0 Å². The van der Waals surface area contributed by atoms with Gasteiger partial charge in [0.15, 0.2) is 0 Å². The number of hydrogen-bond acceptors (Lipinski definition) is 4. The maximum Gasteiger partial charge on any atom is 0.487 e. The topological polar surface area (TPSA) is 40.6 Å². The van der Waals surface area contributed by atoms with Crippen LogP contribution in [0.25, 0.3) is 6.08 Å². The molecule has 1 saturated heterocycles. The van der Waals surface area contributed by atoms with E-state index in [1.165, 1.54) is 13.2 Å². The Balaban J connectivity index is 2.16. The third kappa shape index (κ3) is 2.86. The molecule has 1 fully saturated rings. The van der Waals surface area contributed by atoms with Crippen LogP contribution in [0.5, 0.6) is 5.88 Å². The zero-order valence-electron chi connectivity index (χ0n) is 12.4. The molecule has 0 amide bonds. The van der Waals surface area contributed by atoms with E-state index in [2.05, 4.69) is 4.98 Å². The van der Waals surface area contributed by atoms with Crippen LogP contribution in [0.1, 0.15) is 33.3 Å². The molecule has 1 aliphatic heterocycles. The molecular formula is C14H19BFNO3. The minimum Gasteiger partial charge on any atom is -0.480 e. The Kier molecular flexibility index (Phi) is 3.89. The van der Waals surface area contributed by atoms with E-state index in [4.69, 9.17) is 14.0 Å². The summed E-state index contributed by atoms with van der Waals surface area (Å²) >= 11 is 0. The predicted octanol–water partition coefficient (Wildman–Crippen LogP) is 2.87.